The average molecular weight is 341 g/mol. The van der Waals surface area contributed by atoms with E-state index >= 15 is 0 Å². The highest BCUT2D eigenvalue weighted by atomic mass is 32.2. The molecule has 0 unspecified atom stereocenters. The van der Waals surface area contributed by atoms with Gasteiger partial charge in [-0.05, 0) is 56.0 Å². The van der Waals surface area contributed by atoms with Crippen molar-refractivity contribution < 1.29 is 9.53 Å². The van der Waals surface area contributed by atoms with E-state index in [2.05, 4.69) is 18.3 Å². The first-order valence-corrected chi connectivity index (χ1v) is 9.34. The number of anilines is 1. The molecule has 1 aliphatic rings. The molecule has 0 radical (unpaired) electrons. The van der Waals surface area contributed by atoms with E-state index in [1.54, 1.807) is 11.8 Å². The summed E-state index contributed by atoms with van der Waals surface area (Å²) < 4.78 is 5.68. The van der Waals surface area contributed by atoms with Crippen LogP contribution >= 0.6 is 11.8 Å². The Bertz CT molecular complexity index is 723. The molecule has 1 N–H and O–H groups in total. The molecule has 0 spiro atoms. The van der Waals surface area contributed by atoms with Crippen LogP contribution in [-0.4, -0.2) is 24.4 Å². The van der Waals surface area contributed by atoms with Gasteiger partial charge in [0.1, 0.15) is 0 Å². The third-order valence-corrected chi connectivity index (χ3v) is 5.64. The first-order chi connectivity index (χ1) is 11.6. The second kappa shape index (κ2) is 7.86. The molecule has 0 aromatic heterocycles. The molecule has 2 aromatic rings. The van der Waals surface area contributed by atoms with Crippen LogP contribution in [0.3, 0.4) is 0 Å². The Morgan fingerprint density at radius 3 is 2.83 bits per heavy atom. The summed E-state index contributed by atoms with van der Waals surface area (Å²) in [6.45, 7) is 4.94. The summed E-state index contributed by atoms with van der Waals surface area (Å²) in [6.07, 6.45) is 2.56. The summed E-state index contributed by atoms with van der Waals surface area (Å²) in [4.78, 5) is 13.7. The fourth-order valence-electron chi connectivity index (χ4n) is 2.81. The van der Waals surface area contributed by atoms with Crippen molar-refractivity contribution in [1.82, 2.24) is 0 Å². The second-order valence-electron chi connectivity index (χ2n) is 6.14. The maximum Gasteiger partial charge on any atom is 0.256 e. The topological polar surface area (TPSA) is 38.3 Å². The van der Waals surface area contributed by atoms with Gasteiger partial charge in [-0.2, -0.15) is 0 Å². The average Bonchev–Trinajstić information content (AvgIpc) is 3.11. The summed E-state index contributed by atoms with van der Waals surface area (Å²) in [5, 5.41) is 3.05. The van der Waals surface area contributed by atoms with E-state index in [0.717, 1.165) is 46.9 Å². The van der Waals surface area contributed by atoms with Crippen LogP contribution < -0.4 is 5.32 Å². The van der Waals surface area contributed by atoms with Gasteiger partial charge in [0, 0.05) is 22.9 Å². The minimum absolute atomic E-state index is 0.0564. The standard InChI is InChI=1S/C20H23NO2S/c1-14-7-5-10-18(15(14)2)21-20(22)17-9-3-4-11-19(17)24-13-16-8-6-12-23-16/h3-5,7,9-11,16H,6,8,12-13H2,1-2H3,(H,21,22)/t16-/m1/s1. The van der Waals surface area contributed by atoms with E-state index in [1.807, 2.05) is 43.3 Å². The maximum absolute atomic E-state index is 12.7. The minimum atomic E-state index is -0.0564. The fourth-order valence-corrected chi connectivity index (χ4v) is 3.93. The van der Waals surface area contributed by atoms with Gasteiger partial charge in [-0.1, -0.05) is 24.3 Å². The van der Waals surface area contributed by atoms with Crippen LogP contribution in [0.4, 0.5) is 5.69 Å². The van der Waals surface area contributed by atoms with Gasteiger partial charge in [-0.25, -0.2) is 0 Å². The zero-order chi connectivity index (χ0) is 16.9. The van der Waals surface area contributed by atoms with Gasteiger partial charge in [0.25, 0.3) is 5.91 Å². The Hall–Kier alpha value is -1.78. The maximum atomic E-state index is 12.7. The second-order valence-corrected chi connectivity index (χ2v) is 7.21. The van der Waals surface area contributed by atoms with E-state index in [9.17, 15) is 4.79 Å². The van der Waals surface area contributed by atoms with Crippen LogP contribution in [0.2, 0.25) is 0 Å². The summed E-state index contributed by atoms with van der Waals surface area (Å²) in [7, 11) is 0. The molecule has 0 saturated carbocycles. The Morgan fingerprint density at radius 2 is 2.04 bits per heavy atom. The lowest BCUT2D eigenvalue weighted by atomic mass is 10.1. The Morgan fingerprint density at radius 1 is 1.21 bits per heavy atom. The summed E-state index contributed by atoms with van der Waals surface area (Å²) in [6, 6.07) is 13.8. The van der Waals surface area contributed by atoms with Crippen LogP contribution in [0.1, 0.15) is 34.3 Å². The predicted molar refractivity (Wildman–Crippen MR) is 100 cm³/mol. The first-order valence-electron chi connectivity index (χ1n) is 8.36. The highest BCUT2D eigenvalue weighted by Gasteiger charge is 2.18. The molecule has 4 heteroatoms. The summed E-state index contributed by atoms with van der Waals surface area (Å²) in [5.41, 5.74) is 3.88. The zero-order valence-electron chi connectivity index (χ0n) is 14.2. The number of ether oxygens (including phenoxy) is 1. The lowest BCUT2D eigenvalue weighted by Gasteiger charge is -2.14. The smallest absolute Gasteiger partial charge is 0.256 e. The molecule has 1 fully saturated rings. The molecule has 1 atom stereocenters. The van der Waals surface area contributed by atoms with Crippen molar-refractivity contribution in [1.29, 1.82) is 0 Å². The van der Waals surface area contributed by atoms with E-state index in [4.69, 9.17) is 4.74 Å². The van der Waals surface area contributed by atoms with Crippen LogP contribution in [-0.2, 0) is 4.74 Å². The molecular formula is C20H23NO2S. The van der Waals surface area contributed by atoms with Gasteiger partial charge in [0.2, 0.25) is 0 Å². The van der Waals surface area contributed by atoms with Crippen LogP contribution in [0.5, 0.6) is 0 Å². The van der Waals surface area contributed by atoms with Crippen molar-refractivity contribution in [3.05, 3.63) is 59.2 Å². The van der Waals surface area contributed by atoms with Crippen LogP contribution in [0, 0.1) is 13.8 Å². The molecule has 2 aromatic carbocycles. The van der Waals surface area contributed by atoms with Gasteiger partial charge in [0.15, 0.2) is 0 Å². The van der Waals surface area contributed by atoms with Gasteiger partial charge in [-0.3, -0.25) is 4.79 Å². The largest absolute Gasteiger partial charge is 0.377 e. The summed E-state index contributed by atoms with van der Waals surface area (Å²) in [5.74, 6) is 0.840. The molecule has 3 rings (SSSR count). The quantitative estimate of drug-likeness (QED) is 0.792. The third-order valence-electron chi connectivity index (χ3n) is 4.43. The highest BCUT2D eigenvalue weighted by molar-refractivity contribution is 7.99. The van der Waals surface area contributed by atoms with E-state index in [0.29, 0.717) is 6.10 Å². The van der Waals surface area contributed by atoms with Gasteiger partial charge in [-0.15, -0.1) is 11.8 Å². The molecule has 0 bridgehead atoms. The van der Waals surface area contributed by atoms with Crippen molar-refractivity contribution >= 4 is 23.4 Å². The van der Waals surface area contributed by atoms with Crippen molar-refractivity contribution in [2.45, 2.75) is 37.7 Å². The Kier molecular flexibility index (Phi) is 5.59. The number of carbonyl (C=O) groups excluding carboxylic acids is 1. The van der Waals surface area contributed by atoms with Crippen LogP contribution in [0.25, 0.3) is 0 Å². The van der Waals surface area contributed by atoms with Crippen molar-refractivity contribution in [2.75, 3.05) is 17.7 Å². The van der Waals surface area contributed by atoms with Crippen molar-refractivity contribution in [3.8, 4) is 0 Å². The number of amides is 1. The Labute approximate surface area is 147 Å². The molecule has 1 aliphatic heterocycles. The molecule has 1 heterocycles. The van der Waals surface area contributed by atoms with E-state index in [-0.39, 0.29) is 5.91 Å². The van der Waals surface area contributed by atoms with E-state index in [1.165, 1.54) is 5.56 Å². The number of hydrogen-bond acceptors (Lipinski definition) is 3. The number of aryl methyl sites for hydroxylation is 1. The normalized spacial score (nSPS) is 17.0. The minimum Gasteiger partial charge on any atom is -0.377 e. The van der Waals surface area contributed by atoms with Gasteiger partial charge >= 0.3 is 0 Å². The lowest BCUT2D eigenvalue weighted by molar-refractivity contribution is 0.102. The number of thioether (sulfide) groups is 1. The van der Waals surface area contributed by atoms with Crippen LogP contribution in [0.15, 0.2) is 47.4 Å². The van der Waals surface area contributed by atoms with E-state index < -0.39 is 0 Å². The van der Waals surface area contributed by atoms with Crippen molar-refractivity contribution in [3.63, 3.8) is 0 Å². The number of benzene rings is 2. The zero-order valence-corrected chi connectivity index (χ0v) is 15.0. The first kappa shape index (κ1) is 17.1. The van der Waals surface area contributed by atoms with Crippen molar-refractivity contribution in [2.24, 2.45) is 0 Å². The van der Waals surface area contributed by atoms with Gasteiger partial charge in [0.05, 0.1) is 11.7 Å². The molecule has 24 heavy (non-hydrogen) atoms. The fraction of sp³-hybridized carbons (Fsp3) is 0.350. The molecule has 0 aliphatic carbocycles. The number of hydrogen-bond donors (Lipinski definition) is 1. The Balaban J connectivity index is 1.73. The number of nitrogens with one attached hydrogen (secondary N) is 1. The highest BCUT2D eigenvalue weighted by Crippen LogP contribution is 2.28. The predicted octanol–water partition coefficient (Wildman–Crippen LogP) is 4.83. The van der Waals surface area contributed by atoms with Gasteiger partial charge < -0.3 is 10.1 Å². The monoisotopic (exact) mass is 341 g/mol. The molecule has 1 saturated heterocycles. The number of carbonyl (C=O) groups is 1. The molecule has 126 valence electrons. The molecule has 3 nitrogen and oxygen atoms in total. The third kappa shape index (κ3) is 4.00. The SMILES string of the molecule is Cc1cccc(NC(=O)c2ccccc2SC[C@H]2CCCO2)c1C. The molecule has 1 amide bonds. The lowest BCUT2D eigenvalue weighted by Crippen LogP contribution is -2.15. The molecular weight excluding hydrogens is 318 g/mol. The number of rotatable bonds is 5. The summed E-state index contributed by atoms with van der Waals surface area (Å²) >= 11 is 1.70.